The molecule has 0 aromatic rings. The van der Waals surface area contributed by atoms with Crippen LogP contribution in [0.4, 0.5) is 0 Å². The van der Waals surface area contributed by atoms with Crippen molar-refractivity contribution in [1.82, 2.24) is 0 Å². The highest BCUT2D eigenvalue weighted by Gasteiger charge is 2.47. The summed E-state index contributed by atoms with van der Waals surface area (Å²) < 4.78 is 0. The van der Waals surface area contributed by atoms with Crippen molar-refractivity contribution >= 4 is 192 Å². The van der Waals surface area contributed by atoms with Crippen molar-refractivity contribution in [3.63, 3.8) is 0 Å². The highest BCUT2D eigenvalue weighted by molar-refractivity contribution is 8.25. The van der Waals surface area contributed by atoms with Crippen molar-refractivity contribution < 1.29 is 0 Å². The summed E-state index contributed by atoms with van der Waals surface area (Å²) in [6.07, 6.45) is -2.87. The molecule has 0 aliphatic rings. The van der Waals surface area contributed by atoms with Crippen LogP contribution >= 0.6 is 0 Å². The topological polar surface area (TPSA) is 0 Å². The van der Waals surface area contributed by atoms with Gasteiger partial charge >= 0.3 is 0 Å². The smallest absolute Gasteiger partial charge is 0.000000000183 e. The molecule has 27 heteroatoms. The van der Waals surface area contributed by atoms with E-state index in [4.69, 9.17) is 77.4 Å². The Bertz CT molecular complexity index is 329. The van der Waals surface area contributed by atoms with E-state index in [9.17, 15) is 0 Å². The van der Waals surface area contributed by atoms with Gasteiger partial charge in [0.25, 0.3) is 0 Å². The summed E-state index contributed by atoms with van der Waals surface area (Å²) in [4.78, 5) is 0. The molecule has 21 radical (unpaired) electrons. The maximum absolute atomic E-state index is 6.68. The van der Waals surface area contributed by atoms with Crippen LogP contribution in [0.25, 0.3) is 0 Å². The molecule has 97 valence electrons. The van der Waals surface area contributed by atoms with Crippen LogP contribution in [-0.4, -0.2) is 192 Å². The minimum atomic E-state index is -0.749. The van der Waals surface area contributed by atoms with Gasteiger partial charge in [0.15, 0.2) is 0 Å². The van der Waals surface area contributed by atoms with Crippen LogP contribution in [0.1, 0.15) is 0 Å². The second-order valence-electron chi connectivity index (χ2n) is 5.97. The van der Waals surface area contributed by atoms with Crippen molar-refractivity contribution in [2.75, 3.05) is 0 Å². The molecule has 0 saturated heterocycles. The maximum atomic E-state index is 6.68. The molecule has 0 heterocycles. The molecule has 0 rings (SSSR count). The monoisotopic (exact) mass is 309 g/mol. The average molecular weight is 304 g/mol. The summed E-state index contributed by atoms with van der Waals surface area (Å²) in [6.45, 7) is 0. The minimum absolute atomic E-state index is 0.0225. The van der Waals surface area contributed by atoms with E-state index >= 15 is 0 Å². The van der Waals surface area contributed by atoms with Gasteiger partial charge in [-0.15, -0.1) is 21.9 Å². The van der Waals surface area contributed by atoms with E-state index in [1.807, 2.05) is 0 Å². The molecule has 0 aliphatic carbocycles. The molecule has 0 saturated carbocycles. The molecular formula is H12B27-4. The Balaban J connectivity index is 6.66. The summed E-state index contributed by atoms with van der Waals surface area (Å²) in [7, 11) is 64.9. The lowest BCUT2D eigenvalue weighted by molar-refractivity contribution is 3.27. The molecule has 0 N–H and O–H groups in total. The fourth-order valence-corrected chi connectivity index (χ4v) is 3.21. The average Bonchev–Trinajstić information content (AvgIpc) is 2.48. The van der Waals surface area contributed by atoms with Crippen LogP contribution < -0.4 is 0 Å². The minimum Gasteiger partial charge on any atom is -0.264 e. The lowest BCUT2D eigenvalue weighted by atomic mass is 8.33. The zero-order valence-electron chi connectivity index (χ0n) is 13.3. The fraction of sp³-hybridized carbons (Fsp3) is 0. The Hall–Kier alpha value is 1.75. The van der Waals surface area contributed by atoms with E-state index in [0.29, 0.717) is 6.39 Å². The number of hydrogen-bond donors (Lipinski definition) is 0. The normalized spacial score (nSPS) is 9.48. The van der Waals surface area contributed by atoms with Crippen molar-refractivity contribution in [1.29, 1.82) is 0 Å². The van der Waals surface area contributed by atoms with Gasteiger partial charge in [-0.3, -0.25) is 6.39 Å². The van der Waals surface area contributed by atoms with Gasteiger partial charge in [-0.25, -0.2) is 0 Å². The molecule has 0 spiro atoms. The zero-order chi connectivity index (χ0) is 21.6. The molecular weight excluding hydrogens is 292 g/mol. The summed E-state index contributed by atoms with van der Waals surface area (Å²) in [5.41, 5.74) is 0. The van der Waals surface area contributed by atoms with Gasteiger partial charge in [-0.1, -0.05) is 21.9 Å². The Morgan fingerprint density at radius 1 is 0.481 bits per heavy atom. The van der Waals surface area contributed by atoms with E-state index in [1.165, 1.54) is 0 Å². The Kier molecular flexibility index (Phi) is 14.1. The summed E-state index contributed by atoms with van der Waals surface area (Å²) in [6, 6.07) is 0. The third-order valence-corrected chi connectivity index (χ3v) is 4.22. The maximum Gasteiger partial charge on any atom is -0.000000000183 e. The molecule has 0 aromatic carbocycles. The fourth-order valence-electron chi connectivity index (χ4n) is 3.21. The molecule has 0 fully saturated rings. The van der Waals surface area contributed by atoms with Crippen molar-refractivity contribution in [2.24, 2.45) is 0 Å². The second kappa shape index (κ2) is 13.2. The predicted octanol–water partition coefficient (Wildman–Crippen LogP) is -13.5. The van der Waals surface area contributed by atoms with Gasteiger partial charge in [-0.2, -0.15) is 7.06 Å². The van der Waals surface area contributed by atoms with Crippen LogP contribution in [0.3, 0.4) is 0 Å². The molecule has 0 unspecified atom stereocenters. The summed E-state index contributed by atoms with van der Waals surface area (Å²) in [5, 5.41) is 0. The van der Waals surface area contributed by atoms with Gasteiger partial charge in [-0.05, 0) is 135 Å². The van der Waals surface area contributed by atoms with E-state index in [1.54, 1.807) is 0 Å². The van der Waals surface area contributed by atoms with Crippen molar-refractivity contribution in [2.45, 2.75) is 0 Å². The summed E-state index contributed by atoms with van der Waals surface area (Å²) >= 11 is 0. The van der Waals surface area contributed by atoms with Crippen LogP contribution in [0.15, 0.2) is 0 Å². The van der Waals surface area contributed by atoms with Gasteiger partial charge in [0.05, 0.1) is 0 Å². The first-order valence-electron chi connectivity index (χ1n) is 7.33. The molecule has 0 aliphatic heterocycles. The lowest BCUT2D eigenvalue weighted by Crippen LogP contribution is -2.86. The van der Waals surface area contributed by atoms with E-state index in [0.717, 1.165) is 6.39 Å². The Morgan fingerprint density at radius 3 is 1.00 bits per heavy atom. The van der Waals surface area contributed by atoms with Gasteiger partial charge < -0.3 is 0 Å². The van der Waals surface area contributed by atoms with Crippen LogP contribution in [0.2, 0.25) is 0 Å². The number of hydrogen-bond acceptors (Lipinski definition) is 0. The van der Waals surface area contributed by atoms with Crippen LogP contribution in [0, 0.1) is 0 Å². The molecule has 0 nitrogen and oxygen atoms in total. The zero-order valence-corrected chi connectivity index (χ0v) is 13.3. The Morgan fingerprint density at radius 2 is 0.815 bits per heavy atom. The van der Waals surface area contributed by atoms with Crippen LogP contribution in [-0.2, 0) is 0 Å². The third-order valence-electron chi connectivity index (χ3n) is 4.22. The Labute approximate surface area is 191 Å². The first-order valence-corrected chi connectivity index (χ1v) is 7.33. The number of rotatable bonds is 12. The molecule has 0 atom stereocenters. The van der Waals surface area contributed by atoms with E-state index in [2.05, 4.69) is 7.06 Å². The molecule has 0 amide bonds. The third kappa shape index (κ3) is 8.07. The molecule has 0 bridgehead atoms. The van der Waals surface area contributed by atoms with Gasteiger partial charge in [0, 0.05) is 0 Å². The SMILES string of the molecule is [B]B([B])B(B([B])[B])B(B(B([B])[B])B([B])[B])B(B([B])[B][BH3-])B(B([B])[BH3-])B([BH3-])[BH3-]. The quantitative estimate of drug-likeness (QED) is 0.314. The van der Waals surface area contributed by atoms with Gasteiger partial charge in [0.2, 0.25) is 0 Å². The lowest BCUT2D eigenvalue weighted by Gasteiger charge is -2.52. The standard InChI is InChI=1S/B27H12/c1-15-22(14)26(23(16(2)3)17(4)5)27(24(18(6)7)19(8)9)25(20(10)11)21(12)13/h1-4H3/q-4. The van der Waals surface area contributed by atoms with Crippen molar-refractivity contribution in [3.8, 4) is 0 Å². The highest BCUT2D eigenvalue weighted by Crippen LogP contribution is 2.12. The molecule has 0 aromatic heterocycles. The summed E-state index contributed by atoms with van der Waals surface area (Å²) in [5.74, 6) is 0. The first kappa shape index (κ1) is 28.8. The predicted molar refractivity (Wildman–Crippen MR) is 172 cm³/mol. The van der Waals surface area contributed by atoms with E-state index < -0.39 is 38.3 Å². The molecule has 27 heavy (non-hydrogen) atoms. The largest absolute Gasteiger partial charge is 0.264 e. The highest BCUT2D eigenvalue weighted by atomic mass is 13.3. The van der Waals surface area contributed by atoms with Gasteiger partial charge in [0.1, 0.15) is 0 Å². The van der Waals surface area contributed by atoms with Crippen LogP contribution in [0.5, 0.6) is 0 Å². The second-order valence-corrected chi connectivity index (χ2v) is 5.97. The first-order chi connectivity index (χ1) is 12.3. The van der Waals surface area contributed by atoms with Crippen molar-refractivity contribution in [3.05, 3.63) is 0 Å². The van der Waals surface area contributed by atoms with E-state index in [-0.39, 0.29) is 56.5 Å².